The lowest BCUT2D eigenvalue weighted by molar-refractivity contribution is -0.132. The number of benzene rings is 2. The molecule has 0 spiro atoms. The second-order valence-electron chi connectivity index (χ2n) is 9.18. The minimum atomic E-state index is -3.90. The standard InChI is InChI=1S/C27H32N2O4S/c1-5-17-29(34(31,32)25-15-13-23(14-16-25)27(2,3)4)21-26(30)28(20-24-12-9-18-33-24)19-22-10-7-6-8-11-22/h5-16,18H,1,17,19-21H2,2-4H3. The van der Waals surface area contributed by atoms with Crippen molar-refractivity contribution in [3.63, 3.8) is 0 Å². The lowest BCUT2D eigenvalue weighted by Crippen LogP contribution is -2.42. The van der Waals surface area contributed by atoms with Gasteiger partial charge in [0.05, 0.1) is 24.2 Å². The first-order valence-corrected chi connectivity index (χ1v) is 12.6. The van der Waals surface area contributed by atoms with Gasteiger partial charge in [0.1, 0.15) is 5.76 Å². The summed E-state index contributed by atoms with van der Waals surface area (Å²) in [4.78, 5) is 15.1. The normalized spacial score (nSPS) is 12.0. The highest BCUT2D eigenvalue weighted by molar-refractivity contribution is 7.89. The summed E-state index contributed by atoms with van der Waals surface area (Å²) in [5.74, 6) is 0.303. The van der Waals surface area contributed by atoms with E-state index in [0.29, 0.717) is 12.3 Å². The van der Waals surface area contributed by atoms with Gasteiger partial charge >= 0.3 is 0 Å². The zero-order valence-corrected chi connectivity index (χ0v) is 20.8. The molecule has 0 fully saturated rings. The van der Waals surface area contributed by atoms with E-state index >= 15 is 0 Å². The Hall–Kier alpha value is -3.16. The van der Waals surface area contributed by atoms with E-state index < -0.39 is 10.0 Å². The summed E-state index contributed by atoms with van der Waals surface area (Å²) in [5, 5.41) is 0. The number of rotatable bonds is 10. The van der Waals surface area contributed by atoms with Crippen molar-refractivity contribution >= 4 is 15.9 Å². The molecule has 0 N–H and O–H groups in total. The fraction of sp³-hybridized carbons (Fsp3) is 0.296. The molecule has 3 rings (SSSR count). The van der Waals surface area contributed by atoms with Crippen molar-refractivity contribution in [2.24, 2.45) is 0 Å². The zero-order chi connectivity index (χ0) is 24.8. The summed E-state index contributed by atoms with van der Waals surface area (Å²) in [6, 6.07) is 20.0. The van der Waals surface area contributed by atoms with Crippen LogP contribution in [-0.4, -0.2) is 36.6 Å². The fourth-order valence-corrected chi connectivity index (χ4v) is 4.91. The van der Waals surface area contributed by atoms with E-state index in [-0.39, 0.29) is 35.9 Å². The molecule has 0 saturated carbocycles. The molecule has 0 aliphatic heterocycles. The molecule has 34 heavy (non-hydrogen) atoms. The van der Waals surface area contributed by atoms with Gasteiger partial charge in [0, 0.05) is 13.1 Å². The molecule has 180 valence electrons. The van der Waals surface area contributed by atoms with Crippen LogP contribution in [0.2, 0.25) is 0 Å². The van der Waals surface area contributed by atoms with Gasteiger partial charge in [-0.1, -0.05) is 69.3 Å². The van der Waals surface area contributed by atoms with E-state index in [1.165, 1.54) is 6.08 Å². The number of carbonyl (C=O) groups excluding carboxylic acids is 1. The predicted molar refractivity (Wildman–Crippen MR) is 134 cm³/mol. The van der Waals surface area contributed by atoms with Crippen molar-refractivity contribution in [3.05, 3.63) is 103 Å². The van der Waals surface area contributed by atoms with Crippen LogP contribution in [0.3, 0.4) is 0 Å². The molecule has 1 heterocycles. The maximum Gasteiger partial charge on any atom is 0.243 e. The van der Waals surface area contributed by atoms with E-state index in [4.69, 9.17) is 4.42 Å². The SMILES string of the molecule is C=CCN(CC(=O)N(Cc1ccccc1)Cc1ccco1)S(=O)(=O)c1ccc(C(C)(C)C)cc1. The average Bonchev–Trinajstić information content (AvgIpc) is 3.31. The number of furan rings is 1. The van der Waals surface area contributed by atoms with Crippen molar-refractivity contribution < 1.29 is 17.6 Å². The van der Waals surface area contributed by atoms with E-state index in [2.05, 4.69) is 27.4 Å². The third kappa shape index (κ3) is 6.46. The Balaban J connectivity index is 1.84. The third-order valence-corrected chi connectivity index (χ3v) is 7.32. The van der Waals surface area contributed by atoms with Gasteiger partial charge in [0.2, 0.25) is 15.9 Å². The molecule has 0 saturated heterocycles. The monoisotopic (exact) mass is 480 g/mol. The molecule has 0 bridgehead atoms. The second kappa shape index (κ2) is 10.8. The van der Waals surface area contributed by atoms with Crippen LogP contribution in [0.25, 0.3) is 0 Å². The molecule has 0 atom stereocenters. The smallest absolute Gasteiger partial charge is 0.243 e. The summed E-state index contributed by atoms with van der Waals surface area (Å²) >= 11 is 0. The van der Waals surface area contributed by atoms with Crippen LogP contribution in [0.15, 0.2) is 95.0 Å². The van der Waals surface area contributed by atoms with Crippen molar-refractivity contribution in [1.29, 1.82) is 0 Å². The van der Waals surface area contributed by atoms with Crippen LogP contribution in [0.4, 0.5) is 0 Å². The Kier molecular flexibility index (Phi) is 8.12. The molecule has 0 aliphatic rings. The molecular formula is C27H32N2O4S. The average molecular weight is 481 g/mol. The molecule has 2 aromatic carbocycles. The number of sulfonamides is 1. The van der Waals surface area contributed by atoms with E-state index in [1.54, 1.807) is 35.4 Å². The summed E-state index contributed by atoms with van der Waals surface area (Å²) in [7, 11) is -3.90. The molecule has 0 radical (unpaired) electrons. The molecule has 1 amide bonds. The minimum absolute atomic E-state index is 0.0228. The van der Waals surface area contributed by atoms with Crippen LogP contribution >= 0.6 is 0 Å². The molecule has 6 nitrogen and oxygen atoms in total. The summed E-state index contributed by atoms with van der Waals surface area (Å²) in [6.07, 6.45) is 3.04. The highest BCUT2D eigenvalue weighted by Crippen LogP contribution is 2.25. The lowest BCUT2D eigenvalue weighted by atomic mass is 9.87. The van der Waals surface area contributed by atoms with Crippen molar-refractivity contribution in [3.8, 4) is 0 Å². The quantitative estimate of drug-likeness (QED) is 0.384. The van der Waals surface area contributed by atoms with E-state index in [9.17, 15) is 13.2 Å². The second-order valence-corrected chi connectivity index (χ2v) is 11.1. The number of hydrogen-bond donors (Lipinski definition) is 0. The van der Waals surface area contributed by atoms with E-state index in [1.807, 2.05) is 42.5 Å². The summed E-state index contributed by atoms with van der Waals surface area (Å²) < 4.78 is 33.4. The van der Waals surface area contributed by atoms with Gasteiger partial charge in [0.15, 0.2) is 0 Å². The topological polar surface area (TPSA) is 70.8 Å². The van der Waals surface area contributed by atoms with E-state index in [0.717, 1.165) is 15.4 Å². The number of amides is 1. The van der Waals surface area contributed by atoms with Gasteiger partial charge in [-0.3, -0.25) is 4.79 Å². The molecular weight excluding hydrogens is 448 g/mol. The zero-order valence-electron chi connectivity index (χ0n) is 20.0. The van der Waals surface area contributed by atoms with Gasteiger partial charge in [-0.15, -0.1) is 6.58 Å². The largest absolute Gasteiger partial charge is 0.467 e. The Morgan fingerprint density at radius 1 is 0.971 bits per heavy atom. The Morgan fingerprint density at radius 3 is 2.21 bits per heavy atom. The van der Waals surface area contributed by atoms with Crippen molar-refractivity contribution in [1.82, 2.24) is 9.21 Å². The number of carbonyl (C=O) groups is 1. The van der Waals surface area contributed by atoms with Gasteiger partial charge < -0.3 is 9.32 Å². The van der Waals surface area contributed by atoms with Crippen LogP contribution in [0.5, 0.6) is 0 Å². The Morgan fingerprint density at radius 2 is 1.65 bits per heavy atom. The fourth-order valence-electron chi connectivity index (χ4n) is 3.55. The molecule has 0 unspecified atom stereocenters. The molecule has 1 aromatic heterocycles. The highest BCUT2D eigenvalue weighted by Gasteiger charge is 2.28. The Bertz CT molecular complexity index is 1180. The third-order valence-electron chi connectivity index (χ3n) is 5.50. The maximum atomic E-state index is 13.4. The van der Waals surface area contributed by atoms with Gasteiger partial charge in [-0.2, -0.15) is 4.31 Å². The lowest BCUT2D eigenvalue weighted by Gasteiger charge is -2.26. The van der Waals surface area contributed by atoms with Crippen molar-refractivity contribution in [2.45, 2.75) is 44.2 Å². The van der Waals surface area contributed by atoms with Gasteiger partial charge in [-0.25, -0.2) is 8.42 Å². The molecule has 0 aliphatic carbocycles. The first kappa shape index (κ1) is 25.5. The van der Waals surface area contributed by atoms with Crippen molar-refractivity contribution in [2.75, 3.05) is 13.1 Å². The first-order valence-electron chi connectivity index (χ1n) is 11.2. The molecule has 3 aromatic rings. The number of hydrogen-bond acceptors (Lipinski definition) is 4. The maximum absolute atomic E-state index is 13.4. The van der Waals surface area contributed by atoms with Crippen LogP contribution in [-0.2, 0) is 33.3 Å². The molecule has 7 heteroatoms. The van der Waals surface area contributed by atoms with Gasteiger partial charge in [-0.05, 0) is 40.8 Å². The Labute approximate surface area is 202 Å². The van der Waals surface area contributed by atoms with Crippen LogP contribution in [0.1, 0.15) is 37.7 Å². The summed E-state index contributed by atoms with van der Waals surface area (Å²) in [5.41, 5.74) is 1.88. The minimum Gasteiger partial charge on any atom is -0.467 e. The predicted octanol–water partition coefficient (Wildman–Crippen LogP) is 4.98. The van der Waals surface area contributed by atoms with Crippen LogP contribution in [0, 0.1) is 0 Å². The summed E-state index contributed by atoms with van der Waals surface area (Å²) in [6.45, 7) is 10.2. The number of nitrogens with zero attached hydrogens (tertiary/aromatic N) is 2. The van der Waals surface area contributed by atoms with Gasteiger partial charge in [0.25, 0.3) is 0 Å². The highest BCUT2D eigenvalue weighted by atomic mass is 32.2. The van der Waals surface area contributed by atoms with Crippen LogP contribution < -0.4 is 0 Å². The first-order chi connectivity index (χ1) is 16.1.